The van der Waals surface area contributed by atoms with Crippen LogP contribution in [0.5, 0.6) is 0 Å². The highest BCUT2D eigenvalue weighted by atomic mass is 32.2. The molecule has 0 spiro atoms. The summed E-state index contributed by atoms with van der Waals surface area (Å²) in [6, 6.07) is 9.66. The fourth-order valence-electron chi connectivity index (χ4n) is 3.46. The zero-order valence-corrected chi connectivity index (χ0v) is 17.5. The molecule has 2 aromatic heterocycles. The Balaban J connectivity index is 1.56. The van der Waals surface area contributed by atoms with Crippen LogP contribution in [0.1, 0.15) is 41.4 Å². The summed E-state index contributed by atoms with van der Waals surface area (Å²) in [6.07, 6.45) is 3.64. The molecule has 1 fully saturated rings. The number of thioether (sulfide) groups is 1. The minimum Gasteiger partial charge on any atom is -0.463 e. The number of aromatic nitrogens is 3. The number of likely N-dealkylation sites (tertiary alicyclic amines) is 1. The Morgan fingerprint density at radius 2 is 1.90 bits per heavy atom. The first kappa shape index (κ1) is 20.6. The minimum absolute atomic E-state index is 0.166. The van der Waals surface area contributed by atoms with Crippen molar-refractivity contribution < 1.29 is 18.3 Å². The lowest BCUT2D eigenvalue weighted by molar-refractivity contribution is 0.0563. The van der Waals surface area contributed by atoms with E-state index in [9.17, 15) is 9.18 Å². The summed E-state index contributed by atoms with van der Waals surface area (Å²) in [6.45, 7) is 2.78. The largest absolute Gasteiger partial charge is 0.463 e. The number of furan rings is 1. The van der Waals surface area contributed by atoms with E-state index in [1.54, 1.807) is 24.3 Å². The second kappa shape index (κ2) is 9.44. The lowest BCUT2D eigenvalue weighted by Gasteiger charge is -2.26. The van der Waals surface area contributed by atoms with Gasteiger partial charge in [-0.2, -0.15) is 0 Å². The van der Waals surface area contributed by atoms with Crippen LogP contribution in [-0.4, -0.2) is 45.8 Å². The van der Waals surface area contributed by atoms with Gasteiger partial charge in [-0.05, 0) is 62.3 Å². The van der Waals surface area contributed by atoms with E-state index in [4.69, 9.17) is 4.42 Å². The van der Waals surface area contributed by atoms with Gasteiger partial charge >= 0.3 is 5.97 Å². The zero-order chi connectivity index (χ0) is 20.9. The molecule has 0 atom stereocenters. The Hall–Kier alpha value is -2.65. The molecular weight excluding hydrogens is 407 g/mol. The molecule has 30 heavy (non-hydrogen) atoms. The third-order valence-corrected chi connectivity index (χ3v) is 5.94. The molecule has 0 bridgehead atoms. The first-order valence-corrected chi connectivity index (χ1v) is 10.8. The minimum atomic E-state index is -0.510. The third kappa shape index (κ3) is 4.73. The highest BCUT2D eigenvalue weighted by molar-refractivity contribution is 7.98. The Labute approximate surface area is 178 Å². The molecule has 0 unspecified atom stereocenters. The number of benzene rings is 1. The molecule has 0 aliphatic carbocycles. The number of rotatable bonds is 7. The van der Waals surface area contributed by atoms with Gasteiger partial charge in [0.1, 0.15) is 11.6 Å². The van der Waals surface area contributed by atoms with Crippen molar-refractivity contribution in [1.82, 2.24) is 19.7 Å². The number of carbonyl (C=O) groups excluding carboxylic acids is 1. The second-order valence-corrected chi connectivity index (χ2v) is 8.04. The summed E-state index contributed by atoms with van der Waals surface area (Å²) in [5, 5.41) is 9.48. The molecular formula is C21H23FN4O3S. The molecule has 0 saturated carbocycles. The molecule has 158 valence electrons. The van der Waals surface area contributed by atoms with Gasteiger partial charge in [0.2, 0.25) is 5.76 Å². The van der Waals surface area contributed by atoms with Gasteiger partial charge in [0.15, 0.2) is 11.0 Å². The maximum Gasteiger partial charge on any atom is 0.373 e. The van der Waals surface area contributed by atoms with Gasteiger partial charge in [0.25, 0.3) is 0 Å². The van der Waals surface area contributed by atoms with Gasteiger partial charge in [-0.25, -0.2) is 9.18 Å². The van der Waals surface area contributed by atoms with Crippen molar-refractivity contribution >= 4 is 17.7 Å². The average Bonchev–Trinajstić information content (AvgIpc) is 3.40. The average molecular weight is 431 g/mol. The Bertz CT molecular complexity index is 996. The van der Waals surface area contributed by atoms with Gasteiger partial charge in [0.05, 0.1) is 19.4 Å². The summed E-state index contributed by atoms with van der Waals surface area (Å²) in [4.78, 5) is 13.9. The Kier molecular flexibility index (Phi) is 6.49. The van der Waals surface area contributed by atoms with Gasteiger partial charge in [-0.15, -0.1) is 10.2 Å². The van der Waals surface area contributed by atoms with Gasteiger partial charge < -0.3 is 9.15 Å². The molecule has 3 heterocycles. The molecule has 1 aromatic carbocycles. The normalized spacial score (nSPS) is 14.7. The first-order valence-electron chi connectivity index (χ1n) is 9.86. The predicted octanol–water partition coefficient (Wildman–Crippen LogP) is 4.06. The summed E-state index contributed by atoms with van der Waals surface area (Å²) in [5.41, 5.74) is 0.811. The van der Waals surface area contributed by atoms with Crippen molar-refractivity contribution in [3.05, 3.63) is 59.6 Å². The van der Waals surface area contributed by atoms with E-state index in [0.29, 0.717) is 23.2 Å². The number of hydrogen-bond donors (Lipinski definition) is 0. The highest BCUT2D eigenvalue weighted by Crippen LogP contribution is 2.27. The first-order chi connectivity index (χ1) is 14.6. The second-order valence-electron chi connectivity index (χ2n) is 7.09. The summed E-state index contributed by atoms with van der Waals surface area (Å²) in [7, 11) is 1.31. The van der Waals surface area contributed by atoms with Crippen LogP contribution in [-0.2, 0) is 17.0 Å². The van der Waals surface area contributed by atoms with Crippen LogP contribution in [0.3, 0.4) is 0 Å². The van der Waals surface area contributed by atoms with E-state index < -0.39 is 5.97 Å². The van der Waals surface area contributed by atoms with E-state index >= 15 is 0 Å². The monoisotopic (exact) mass is 430 g/mol. The van der Waals surface area contributed by atoms with Gasteiger partial charge in [-0.3, -0.25) is 9.47 Å². The van der Waals surface area contributed by atoms with Crippen LogP contribution in [0.25, 0.3) is 5.69 Å². The molecule has 9 heteroatoms. The number of nitrogens with zero attached hydrogens (tertiary/aromatic N) is 4. The van der Waals surface area contributed by atoms with Crippen molar-refractivity contribution in [3.8, 4) is 5.69 Å². The molecule has 7 nitrogen and oxygen atoms in total. The van der Waals surface area contributed by atoms with Crippen molar-refractivity contribution in [2.75, 3.05) is 20.2 Å². The predicted molar refractivity (Wildman–Crippen MR) is 110 cm³/mol. The number of carbonyl (C=O) groups is 1. The molecule has 0 N–H and O–H groups in total. The molecule has 0 radical (unpaired) electrons. The molecule has 3 aromatic rings. The van der Waals surface area contributed by atoms with Crippen molar-refractivity contribution in [3.63, 3.8) is 0 Å². The summed E-state index contributed by atoms with van der Waals surface area (Å²) >= 11 is 1.45. The van der Waals surface area contributed by atoms with E-state index in [1.807, 2.05) is 4.57 Å². The number of esters is 1. The van der Waals surface area contributed by atoms with Crippen LogP contribution >= 0.6 is 11.8 Å². The Morgan fingerprint density at radius 3 is 2.63 bits per heavy atom. The van der Waals surface area contributed by atoms with Crippen LogP contribution in [0.2, 0.25) is 0 Å². The van der Waals surface area contributed by atoms with E-state index in [-0.39, 0.29) is 11.6 Å². The molecule has 1 aliphatic rings. The smallest absolute Gasteiger partial charge is 0.373 e. The molecule has 4 rings (SSSR count). The number of piperidine rings is 1. The maximum absolute atomic E-state index is 13.5. The third-order valence-electron chi connectivity index (χ3n) is 4.99. The Morgan fingerprint density at radius 1 is 1.13 bits per heavy atom. The van der Waals surface area contributed by atoms with E-state index in [0.717, 1.165) is 24.6 Å². The number of hydrogen-bond acceptors (Lipinski definition) is 7. The lowest BCUT2D eigenvalue weighted by atomic mass is 10.1. The molecule has 0 amide bonds. The summed E-state index contributed by atoms with van der Waals surface area (Å²) in [5.74, 6) is 1.29. The number of ether oxygens (including phenoxy) is 1. The molecule has 1 aliphatic heterocycles. The van der Waals surface area contributed by atoms with Crippen molar-refractivity contribution in [2.24, 2.45) is 0 Å². The fraction of sp³-hybridized carbons (Fsp3) is 0.381. The topological polar surface area (TPSA) is 73.4 Å². The van der Waals surface area contributed by atoms with Crippen LogP contribution < -0.4 is 0 Å². The van der Waals surface area contributed by atoms with Crippen molar-refractivity contribution in [2.45, 2.75) is 36.7 Å². The summed E-state index contributed by atoms with van der Waals surface area (Å²) < 4.78 is 25.6. The van der Waals surface area contributed by atoms with Gasteiger partial charge in [-0.1, -0.05) is 18.2 Å². The van der Waals surface area contributed by atoms with Crippen LogP contribution in [0.15, 0.2) is 46.0 Å². The van der Waals surface area contributed by atoms with Crippen LogP contribution in [0.4, 0.5) is 4.39 Å². The standard InChI is InChI=1S/C21H23FN4O3S/c1-28-20(27)18-10-9-17(29-18)14-30-21-24-23-19(13-25-11-3-2-4-12-25)26(21)16-7-5-15(22)6-8-16/h5-10H,2-4,11-14H2,1H3. The quantitative estimate of drug-likeness (QED) is 0.413. The van der Waals surface area contributed by atoms with E-state index in [2.05, 4.69) is 19.8 Å². The van der Waals surface area contributed by atoms with E-state index in [1.165, 1.54) is 50.3 Å². The fourth-order valence-corrected chi connectivity index (χ4v) is 4.33. The van der Waals surface area contributed by atoms with Crippen LogP contribution in [0, 0.1) is 5.82 Å². The van der Waals surface area contributed by atoms with Crippen molar-refractivity contribution in [1.29, 1.82) is 0 Å². The maximum atomic E-state index is 13.5. The SMILES string of the molecule is COC(=O)c1ccc(CSc2nnc(CN3CCCCC3)n2-c2ccc(F)cc2)o1. The number of methoxy groups -OCH3 is 1. The van der Waals surface area contributed by atoms with Gasteiger partial charge in [0, 0.05) is 5.69 Å². The number of halogens is 1. The lowest BCUT2D eigenvalue weighted by Crippen LogP contribution is -2.30. The zero-order valence-electron chi connectivity index (χ0n) is 16.7. The molecule has 1 saturated heterocycles. The highest BCUT2D eigenvalue weighted by Gasteiger charge is 2.20.